The lowest BCUT2D eigenvalue weighted by atomic mass is 10.2. The van der Waals surface area contributed by atoms with Crippen molar-refractivity contribution in [3.05, 3.63) is 41.5 Å². The molecule has 0 aliphatic carbocycles. The monoisotopic (exact) mass is 443 g/mol. The summed E-state index contributed by atoms with van der Waals surface area (Å²) in [5.74, 6) is -1.58. The van der Waals surface area contributed by atoms with Gasteiger partial charge in [-0.15, -0.1) is 5.10 Å². The van der Waals surface area contributed by atoms with Crippen molar-refractivity contribution in [3.8, 4) is 5.69 Å². The van der Waals surface area contributed by atoms with Gasteiger partial charge in [0, 0.05) is 26.2 Å². The SMILES string of the molecule is CC(C)(C)OC(=O)N1CCN(C(=O)c2nnn(-c3ccc(F)cc3)c2C(F)(F)F)CC1. The number of carbonyl (C=O) groups is 2. The Balaban J connectivity index is 1.80. The normalized spacial score (nSPS) is 15.2. The predicted molar refractivity (Wildman–Crippen MR) is 100 cm³/mol. The van der Waals surface area contributed by atoms with Crippen molar-refractivity contribution < 1.29 is 31.9 Å². The fraction of sp³-hybridized carbons (Fsp3) is 0.474. The highest BCUT2D eigenvalue weighted by Gasteiger charge is 2.43. The molecule has 2 amide bonds. The molecule has 1 fully saturated rings. The minimum absolute atomic E-state index is 0.0127. The highest BCUT2D eigenvalue weighted by atomic mass is 19.4. The first-order valence-electron chi connectivity index (χ1n) is 9.43. The van der Waals surface area contributed by atoms with E-state index in [1.807, 2.05) is 0 Å². The first-order valence-corrected chi connectivity index (χ1v) is 9.43. The standard InChI is InChI=1S/C19H21F4N5O3/c1-18(2,3)31-17(30)27-10-8-26(9-11-27)16(29)14-15(19(21,22)23)28(25-24-14)13-6-4-12(20)5-7-13/h4-7H,8-11H2,1-3H3. The molecule has 1 aromatic heterocycles. The van der Waals surface area contributed by atoms with E-state index in [9.17, 15) is 27.2 Å². The van der Waals surface area contributed by atoms with Gasteiger partial charge in [0.15, 0.2) is 11.4 Å². The van der Waals surface area contributed by atoms with E-state index >= 15 is 0 Å². The number of hydrogen-bond acceptors (Lipinski definition) is 5. The zero-order valence-corrected chi connectivity index (χ0v) is 17.1. The van der Waals surface area contributed by atoms with Crippen LogP contribution in [0.15, 0.2) is 24.3 Å². The number of carbonyl (C=O) groups excluding carboxylic acids is 2. The second-order valence-corrected chi connectivity index (χ2v) is 7.93. The van der Waals surface area contributed by atoms with Crippen LogP contribution >= 0.6 is 0 Å². The highest BCUT2D eigenvalue weighted by molar-refractivity contribution is 5.93. The van der Waals surface area contributed by atoms with Gasteiger partial charge in [0.2, 0.25) is 0 Å². The molecule has 0 radical (unpaired) electrons. The molecule has 0 spiro atoms. The number of amides is 2. The van der Waals surface area contributed by atoms with Crippen LogP contribution < -0.4 is 0 Å². The van der Waals surface area contributed by atoms with Crippen LogP contribution in [0.25, 0.3) is 5.69 Å². The van der Waals surface area contributed by atoms with Crippen molar-refractivity contribution in [2.45, 2.75) is 32.5 Å². The molecule has 0 atom stereocenters. The van der Waals surface area contributed by atoms with E-state index < -0.39 is 41.0 Å². The minimum Gasteiger partial charge on any atom is -0.444 e. The molecule has 8 nitrogen and oxygen atoms in total. The summed E-state index contributed by atoms with van der Waals surface area (Å²) in [6.07, 6.45) is -5.49. The minimum atomic E-state index is -4.93. The number of nitrogens with zero attached hydrogens (tertiary/aromatic N) is 5. The number of alkyl halides is 3. The van der Waals surface area contributed by atoms with Crippen LogP contribution in [0.3, 0.4) is 0 Å². The van der Waals surface area contributed by atoms with E-state index in [2.05, 4.69) is 10.3 Å². The van der Waals surface area contributed by atoms with Crippen LogP contribution in [-0.2, 0) is 10.9 Å². The van der Waals surface area contributed by atoms with E-state index in [1.54, 1.807) is 20.8 Å². The van der Waals surface area contributed by atoms with Gasteiger partial charge in [-0.2, -0.15) is 13.2 Å². The van der Waals surface area contributed by atoms with Crippen LogP contribution in [0, 0.1) is 5.82 Å². The summed E-state index contributed by atoms with van der Waals surface area (Å²) in [6, 6.07) is 4.17. The Bertz CT molecular complexity index is 958. The number of rotatable bonds is 2. The van der Waals surface area contributed by atoms with Crippen LogP contribution in [-0.4, -0.2) is 68.6 Å². The van der Waals surface area contributed by atoms with Crippen molar-refractivity contribution in [2.24, 2.45) is 0 Å². The summed E-state index contributed by atoms with van der Waals surface area (Å²) in [5.41, 5.74) is -2.99. The lowest BCUT2D eigenvalue weighted by Gasteiger charge is -2.35. The molecule has 0 N–H and O–H groups in total. The number of hydrogen-bond donors (Lipinski definition) is 0. The quantitative estimate of drug-likeness (QED) is 0.667. The third kappa shape index (κ3) is 5.12. The van der Waals surface area contributed by atoms with Crippen molar-refractivity contribution >= 4 is 12.0 Å². The Hall–Kier alpha value is -3.18. The molecular weight excluding hydrogens is 422 g/mol. The lowest BCUT2D eigenvalue weighted by molar-refractivity contribution is -0.143. The van der Waals surface area contributed by atoms with Gasteiger partial charge >= 0.3 is 12.3 Å². The number of aromatic nitrogens is 3. The van der Waals surface area contributed by atoms with Gasteiger partial charge < -0.3 is 14.5 Å². The van der Waals surface area contributed by atoms with E-state index in [0.29, 0.717) is 4.68 Å². The first-order chi connectivity index (χ1) is 14.4. The molecule has 168 valence electrons. The topological polar surface area (TPSA) is 80.6 Å². The molecule has 0 saturated carbocycles. The smallest absolute Gasteiger partial charge is 0.435 e. The van der Waals surface area contributed by atoms with Gasteiger partial charge in [-0.3, -0.25) is 4.79 Å². The number of piperazine rings is 1. The molecule has 0 bridgehead atoms. The molecule has 3 rings (SSSR count). The van der Waals surface area contributed by atoms with E-state index in [0.717, 1.165) is 24.3 Å². The van der Waals surface area contributed by atoms with Crippen molar-refractivity contribution in [3.63, 3.8) is 0 Å². The number of halogens is 4. The Morgan fingerprint density at radius 2 is 1.52 bits per heavy atom. The maximum atomic E-state index is 13.7. The molecule has 1 aliphatic heterocycles. The number of ether oxygens (including phenoxy) is 1. The zero-order valence-electron chi connectivity index (χ0n) is 17.1. The summed E-state index contributed by atoms with van der Waals surface area (Å²) < 4.78 is 60.1. The lowest BCUT2D eigenvalue weighted by Crippen LogP contribution is -2.51. The summed E-state index contributed by atoms with van der Waals surface area (Å²) in [7, 11) is 0. The van der Waals surface area contributed by atoms with Gasteiger partial charge in [0.05, 0.1) is 5.69 Å². The largest absolute Gasteiger partial charge is 0.444 e. The Labute approximate surface area is 175 Å². The molecular formula is C19H21F4N5O3. The summed E-state index contributed by atoms with van der Waals surface area (Å²) in [5, 5.41) is 6.94. The van der Waals surface area contributed by atoms with Gasteiger partial charge in [-0.05, 0) is 45.0 Å². The maximum Gasteiger partial charge on any atom is 0.435 e. The predicted octanol–water partition coefficient (Wildman–Crippen LogP) is 3.12. The fourth-order valence-corrected chi connectivity index (χ4v) is 3.01. The van der Waals surface area contributed by atoms with E-state index in [1.165, 1.54) is 9.80 Å². The second-order valence-electron chi connectivity index (χ2n) is 7.93. The molecule has 2 heterocycles. The maximum absolute atomic E-state index is 13.7. The highest BCUT2D eigenvalue weighted by Crippen LogP contribution is 2.33. The summed E-state index contributed by atoms with van der Waals surface area (Å²) >= 11 is 0. The zero-order chi connectivity index (χ0) is 23.0. The third-order valence-electron chi connectivity index (χ3n) is 4.43. The first kappa shape index (κ1) is 22.5. The second kappa shape index (κ2) is 8.16. The summed E-state index contributed by atoms with van der Waals surface area (Å²) in [4.78, 5) is 27.5. The van der Waals surface area contributed by atoms with Gasteiger partial charge in [0.1, 0.15) is 11.4 Å². The van der Waals surface area contributed by atoms with Crippen LogP contribution in [0.4, 0.5) is 22.4 Å². The Kier molecular flexibility index (Phi) is 5.92. The average molecular weight is 443 g/mol. The molecule has 1 saturated heterocycles. The van der Waals surface area contributed by atoms with E-state index in [4.69, 9.17) is 4.74 Å². The Morgan fingerprint density at radius 3 is 2.03 bits per heavy atom. The summed E-state index contributed by atoms with van der Waals surface area (Å²) in [6.45, 7) is 5.38. The van der Waals surface area contributed by atoms with Crippen molar-refractivity contribution in [1.29, 1.82) is 0 Å². The van der Waals surface area contributed by atoms with Crippen LogP contribution in [0.5, 0.6) is 0 Å². The molecule has 0 unspecified atom stereocenters. The third-order valence-corrected chi connectivity index (χ3v) is 4.43. The molecule has 31 heavy (non-hydrogen) atoms. The molecule has 12 heteroatoms. The number of benzene rings is 1. The molecule has 2 aromatic rings. The van der Waals surface area contributed by atoms with Gasteiger partial charge in [0.25, 0.3) is 5.91 Å². The van der Waals surface area contributed by atoms with Crippen LogP contribution in [0.1, 0.15) is 37.0 Å². The molecule has 1 aromatic carbocycles. The Morgan fingerprint density at radius 1 is 0.968 bits per heavy atom. The van der Waals surface area contributed by atoms with Gasteiger partial charge in [-0.25, -0.2) is 13.9 Å². The van der Waals surface area contributed by atoms with E-state index in [-0.39, 0.29) is 31.9 Å². The average Bonchev–Trinajstić information content (AvgIpc) is 3.12. The molecule has 1 aliphatic rings. The van der Waals surface area contributed by atoms with Crippen LogP contribution in [0.2, 0.25) is 0 Å². The fourth-order valence-electron chi connectivity index (χ4n) is 3.01. The van der Waals surface area contributed by atoms with Crippen molar-refractivity contribution in [2.75, 3.05) is 26.2 Å². The van der Waals surface area contributed by atoms with Gasteiger partial charge in [-0.1, -0.05) is 5.21 Å². The van der Waals surface area contributed by atoms with Crippen molar-refractivity contribution in [1.82, 2.24) is 24.8 Å².